The highest BCUT2D eigenvalue weighted by Crippen LogP contribution is 2.14. The molecule has 3 N–H and O–H groups in total. The molecule has 0 bridgehead atoms. The third-order valence-electron chi connectivity index (χ3n) is 4.33. The fourth-order valence-corrected chi connectivity index (χ4v) is 2.88. The molecule has 0 aliphatic heterocycles. The Balaban J connectivity index is 1.54. The number of fused-ring (bicyclic) bond motifs is 1. The molecule has 0 saturated heterocycles. The maximum Gasteiger partial charge on any atom is 0.191 e. The SMILES string of the molecule is CCNC(=NCC(C)c1ccccc1)NCCc1nc2ccccc2[nH]1. The van der Waals surface area contributed by atoms with Crippen LogP contribution in [0.2, 0.25) is 0 Å². The number of hydrogen-bond acceptors (Lipinski definition) is 2. The highest BCUT2D eigenvalue weighted by molar-refractivity contribution is 5.79. The molecule has 1 atom stereocenters. The van der Waals surface area contributed by atoms with E-state index in [4.69, 9.17) is 4.99 Å². The Morgan fingerprint density at radius 1 is 1.08 bits per heavy atom. The van der Waals surface area contributed by atoms with Gasteiger partial charge in [-0.25, -0.2) is 4.98 Å². The van der Waals surface area contributed by atoms with Crippen molar-refractivity contribution in [3.63, 3.8) is 0 Å². The Kier molecular flexibility index (Phi) is 6.25. The summed E-state index contributed by atoms with van der Waals surface area (Å²) in [6.45, 7) is 6.67. The third-order valence-corrected chi connectivity index (χ3v) is 4.33. The molecule has 0 spiro atoms. The van der Waals surface area contributed by atoms with E-state index in [2.05, 4.69) is 64.8 Å². The Hall–Kier alpha value is -2.82. The van der Waals surface area contributed by atoms with E-state index < -0.39 is 0 Å². The van der Waals surface area contributed by atoms with E-state index in [-0.39, 0.29) is 0 Å². The van der Waals surface area contributed by atoms with Crippen molar-refractivity contribution in [2.24, 2.45) is 4.99 Å². The smallest absolute Gasteiger partial charge is 0.191 e. The first-order chi connectivity index (χ1) is 12.8. The lowest BCUT2D eigenvalue weighted by molar-refractivity contribution is 0.741. The Labute approximate surface area is 155 Å². The van der Waals surface area contributed by atoms with Crippen molar-refractivity contribution >= 4 is 17.0 Å². The van der Waals surface area contributed by atoms with Crippen LogP contribution in [0.25, 0.3) is 11.0 Å². The first-order valence-corrected chi connectivity index (χ1v) is 9.27. The zero-order valence-electron chi connectivity index (χ0n) is 15.5. The quantitative estimate of drug-likeness (QED) is 0.452. The number of benzene rings is 2. The predicted molar refractivity (Wildman–Crippen MR) is 109 cm³/mol. The summed E-state index contributed by atoms with van der Waals surface area (Å²) < 4.78 is 0. The molecule has 2 aromatic carbocycles. The van der Waals surface area contributed by atoms with Gasteiger partial charge in [0.15, 0.2) is 5.96 Å². The van der Waals surface area contributed by atoms with E-state index >= 15 is 0 Å². The van der Waals surface area contributed by atoms with Crippen LogP contribution in [0.15, 0.2) is 59.6 Å². The van der Waals surface area contributed by atoms with Gasteiger partial charge in [0.25, 0.3) is 0 Å². The van der Waals surface area contributed by atoms with Gasteiger partial charge in [-0.1, -0.05) is 49.4 Å². The van der Waals surface area contributed by atoms with Gasteiger partial charge < -0.3 is 15.6 Å². The van der Waals surface area contributed by atoms with Crippen molar-refractivity contribution in [3.05, 3.63) is 66.0 Å². The molecule has 1 heterocycles. The molecule has 0 saturated carbocycles. The van der Waals surface area contributed by atoms with Crippen LogP contribution >= 0.6 is 0 Å². The van der Waals surface area contributed by atoms with Gasteiger partial charge >= 0.3 is 0 Å². The predicted octanol–water partition coefficient (Wildman–Crippen LogP) is 3.46. The molecule has 0 fully saturated rings. The number of para-hydroxylation sites is 2. The number of imidazole rings is 1. The largest absolute Gasteiger partial charge is 0.357 e. The molecule has 0 aliphatic carbocycles. The minimum absolute atomic E-state index is 0.391. The number of aliphatic imine (C=N–C) groups is 1. The lowest BCUT2D eigenvalue weighted by Gasteiger charge is -2.13. The number of aromatic amines is 1. The second kappa shape index (κ2) is 9.04. The van der Waals surface area contributed by atoms with E-state index in [1.54, 1.807) is 0 Å². The second-order valence-electron chi connectivity index (χ2n) is 6.41. The maximum atomic E-state index is 4.73. The van der Waals surface area contributed by atoms with Crippen LogP contribution in [0.1, 0.15) is 31.2 Å². The molecule has 3 aromatic rings. The van der Waals surface area contributed by atoms with E-state index in [0.717, 1.165) is 48.9 Å². The molecule has 3 rings (SSSR count). The number of H-pyrrole nitrogens is 1. The molecular formula is C21H27N5. The normalized spacial score (nSPS) is 12.9. The first kappa shape index (κ1) is 18.0. The second-order valence-corrected chi connectivity index (χ2v) is 6.41. The Morgan fingerprint density at radius 3 is 2.62 bits per heavy atom. The summed E-state index contributed by atoms with van der Waals surface area (Å²) in [5.41, 5.74) is 3.41. The standard InChI is InChI=1S/C21H27N5/c1-3-22-21(24-15-16(2)17-9-5-4-6-10-17)23-14-13-20-25-18-11-7-8-12-19(18)26-20/h4-12,16H,3,13-15H2,1-2H3,(H,25,26)(H2,22,23,24). The molecule has 1 aromatic heterocycles. The van der Waals surface area contributed by atoms with Crippen molar-refractivity contribution in [2.45, 2.75) is 26.2 Å². The summed E-state index contributed by atoms with van der Waals surface area (Å²) >= 11 is 0. The van der Waals surface area contributed by atoms with Crippen LogP contribution in [0.3, 0.4) is 0 Å². The summed E-state index contributed by atoms with van der Waals surface area (Å²) in [6, 6.07) is 18.6. The lowest BCUT2D eigenvalue weighted by atomic mass is 10.0. The summed E-state index contributed by atoms with van der Waals surface area (Å²) in [6.07, 6.45) is 0.827. The van der Waals surface area contributed by atoms with Gasteiger partial charge in [-0.15, -0.1) is 0 Å². The fourth-order valence-electron chi connectivity index (χ4n) is 2.88. The van der Waals surface area contributed by atoms with E-state index in [1.807, 2.05) is 24.3 Å². The summed E-state index contributed by atoms with van der Waals surface area (Å²) in [4.78, 5) is 12.7. The van der Waals surface area contributed by atoms with Crippen LogP contribution in [0.5, 0.6) is 0 Å². The molecule has 0 aliphatic rings. The molecule has 0 radical (unpaired) electrons. The van der Waals surface area contributed by atoms with Crippen molar-refractivity contribution in [1.82, 2.24) is 20.6 Å². The summed E-state index contributed by atoms with van der Waals surface area (Å²) in [5.74, 6) is 2.24. The number of guanidine groups is 1. The third kappa shape index (κ3) is 4.85. The Bertz CT molecular complexity index is 805. The molecule has 1 unspecified atom stereocenters. The molecule has 136 valence electrons. The average molecular weight is 349 g/mol. The van der Waals surface area contributed by atoms with Crippen LogP contribution in [0, 0.1) is 0 Å². The van der Waals surface area contributed by atoms with Gasteiger partial charge in [-0.05, 0) is 24.6 Å². The number of nitrogens with one attached hydrogen (secondary N) is 3. The van der Waals surface area contributed by atoms with E-state index in [9.17, 15) is 0 Å². The highest BCUT2D eigenvalue weighted by atomic mass is 15.2. The zero-order valence-corrected chi connectivity index (χ0v) is 15.5. The van der Waals surface area contributed by atoms with Crippen molar-refractivity contribution in [2.75, 3.05) is 19.6 Å². The molecule has 0 amide bonds. The summed E-state index contributed by atoms with van der Waals surface area (Å²) in [5, 5.41) is 6.71. The van der Waals surface area contributed by atoms with Gasteiger partial charge in [0.05, 0.1) is 11.0 Å². The van der Waals surface area contributed by atoms with Crippen molar-refractivity contribution < 1.29 is 0 Å². The van der Waals surface area contributed by atoms with Crippen molar-refractivity contribution in [1.29, 1.82) is 0 Å². The average Bonchev–Trinajstić information content (AvgIpc) is 3.09. The zero-order chi connectivity index (χ0) is 18.2. The van der Waals surface area contributed by atoms with Crippen LogP contribution < -0.4 is 10.6 Å². The van der Waals surface area contributed by atoms with E-state index in [1.165, 1.54) is 5.56 Å². The lowest BCUT2D eigenvalue weighted by Crippen LogP contribution is -2.38. The van der Waals surface area contributed by atoms with Gasteiger partial charge in [-0.2, -0.15) is 0 Å². The minimum Gasteiger partial charge on any atom is -0.357 e. The Morgan fingerprint density at radius 2 is 1.85 bits per heavy atom. The highest BCUT2D eigenvalue weighted by Gasteiger charge is 2.06. The minimum atomic E-state index is 0.391. The number of rotatable bonds is 7. The van der Waals surface area contributed by atoms with Gasteiger partial charge in [0.1, 0.15) is 5.82 Å². The molecule has 26 heavy (non-hydrogen) atoms. The summed E-state index contributed by atoms with van der Waals surface area (Å²) in [7, 11) is 0. The fraction of sp³-hybridized carbons (Fsp3) is 0.333. The molecule has 5 heteroatoms. The van der Waals surface area contributed by atoms with Crippen LogP contribution in [-0.2, 0) is 6.42 Å². The van der Waals surface area contributed by atoms with Crippen LogP contribution in [0.4, 0.5) is 0 Å². The topological polar surface area (TPSA) is 65.1 Å². The maximum absolute atomic E-state index is 4.73. The van der Waals surface area contributed by atoms with Gasteiger partial charge in [-0.3, -0.25) is 4.99 Å². The van der Waals surface area contributed by atoms with E-state index in [0.29, 0.717) is 5.92 Å². The van der Waals surface area contributed by atoms with Gasteiger partial charge in [0.2, 0.25) is 0 Å². The monoisotopic (exact) mass is 349 g/mol. The number of aromatic nitrogens is 2. The number of nitrogens with zero attached hydrogens (tertiary/aromatic N) is 2. The van der Waals surface area contributed by atoms with Gasteiger partial charge in [0, 0.05) is 32.0 Å². The molecule has 5 nitrogen and oxygen atoms in total. The molecular weight excluding hydrogens is 322 g/mol. The number of hydrogen-bond donors (Lipinski definition) is 3. The van der Waals surface area contributed by atoms with Crippen LogP contribution in [-0.4, -0.2) is 35.6 Å². The van der Waals surface area contributed by atoms with Crippen molar-refractivity contribution in [3.8, 4) is 0 Å². The first-order valence-electron chi connectivity index (χ1n) is 9.27.